The lowest BCUT2D eigenvalue weighted by Gasteiger charge is -2.09. The highest BCUT2D eigenvalue weighted by Crippen LogP contribution is 2.14. The fraction of sp³-hybridized carbons (Fsp3) is 0.667. The van der Waals surface area contributed by atoms with E-state index in [1.165, 1.54) is 6.20 Å². The number of unbranched alkanes of at least 4 members (excludes halogenated alkanes) is 1. The smallest absolute Gasteiger partial charge is 0.287 e. The van der Waals surface area contributed by atoms with E-state index in [0.29, 0.717) is 18.8 Å². The van der Waals surface area contributed by atoms with Crippen LogP contribution in [0.5, 0.6) is 0 Å². The number of nitrogens with one attached hydrogen (secondary N) is 1. The molecule has 0 saturated heterocycles. The normalized spacial score (nSPS) is 10.7. The van der Waals surface area contributed by atoms with Crippen molar-refractivity contribution in [1.29, 1.82) is 0 Å². The van der Waals surface area contributed by atoms with Gasteiger partial charge in [0.2, 0.25) is 0 Å². The van der Waals surface area contributed by atoms with Crippen LogP contribution in [0.25, 0.3) is 0 Å². The average Bonchev–Trinajstić information content (AvgIpc) is 2.41. The quantitative estimate of drug-likeness (QED) is 0.666. The van der Waals surface area contributed by atoms with Crippen molar-refractivity contribution in [2.24, 2.45) is 0 Å². The first kappa shape index (κ1) is 15.9. The molecule has 1 aromatic heterocycles. The standard InChI is InChI=1S/C12H20ClN3O3/c1-2-3-7-19-8-4-14-10-9-15-16(5-6-17)12(18)11(10)13/h9,14,17H,2-8H2,1H3. The molecule has 0 amide bonds. The maximum absolute atomic E-state index is 11.7. The van der Waals surface area contributed by atoms with Crippen molar-refractivity contribution in [2.45, 2.75) is 26.3 Å². The number of aliphatic hydroxyl groups excluding tert-OH is 1. The highest BCUT2D eigenvalue weighted by Gasteiger charge is 2.08. The third kappa shape index (κ3) is 5.18. The zero-order chi connectivity index (χ0) is 14.1. The van der Waals surface area contributed by atoms with Crippen molar-refractivity contribution in [3.8, 4) is 0 Å². The van der Waals surface area contributed by atoms with E-state index in [0.717, 1.165) is 24.1 Å². The minimum atomic E-state index is -0.410. The van der Waals surface area contributed by atoms with Gasteiger partial charge in [0, 0.05) is 13.2 Å². The summed E-state index contributed by atoms with van der Waals surface area (Å²) in [7, 11) is 0. The van der Waals surface area contributed by atoms with Gasteiger partial charge in [-0.15, -0.1) is 0 Å². The van der Waals surface area contributed by atoms with Crippen molar-refractivity contribution in [2.75, 3.05) is 31.7 Å². The molecular weight excluding hydrogens is 270 g/mol. The Morgan fingerprint density at radius 3 is 3.00 bits per heavy atom. The van der Waals surface area contributed by atoms with Crippen molar-refractivity contribution in [3.05, 3.63) is 21.6 Å². The Hall–Kier alpha value is -1.11. The number of rotatable bonds is 9. The van der Waals surface area contributed by atoms with E-state index in [9.17, 15) is 4.79 Å². The number of aliphatic hydroxyl groups is 1. The molecule has 0 aliphatic rings. The van der Waals surface area contributed by atoms with Crippen LogP contribution in [-0.4, -0.2) is 41.3 Å². The molecule has 0 aromatic carbocycles. The minimum absolute atomic E-state index is 0.0806. The lowest BCUT2D eigenvalue weighted by Crippen LogP contribution is -2.26. The number of halogens is 1. The van der Waals surface area contributed by atoms with E-state index >= 15 is 0 Å². The summed E-state index contributed by atoms with van der Waals surface area (Å²) in [6, 6.07) is 0. The average molecular weight is 290 g/mol. The highest BCUT2D eigenvalue weighted by atomic mass is 35.5. The molecule has 0 radical (unpaired) electrons. The fourth-order valence-electron chi connectivity index (χ4n) is 1.45. The largest absolute Gasteiger partial charge is 0.394 e. The Kier molecular flexibility index (Phi) is 7.47. The van der Waals surface area contributed by atoms with E-state index in [1.807, 2.05) is 0 Å². The lowest BCUT2D eigenvalue weighted by molar-refractivity contribution is 0.141. The van der Waals surface area contributed by atoms with Gasteiger partial charge in [-0.25, -0.2) is 4.68 Å². The van der Waals surface area contributed by atoms with Crippen molar-refractivity contribution in [1.82, 2.24) is 9.78 Å². The van der Waals surface area contributed by atoms with Crippen molar-refractivity contribution < 1.29 is 9.84 Å². The SMILES string of the molecule is CCCCOCCNc1cnn(CCO)c(=O)c1Cl. The minimum Gasteiger partial charge on any atom is -0.394 e. The summed E-state index contributed by atoms with van der Waals surface area (Å²) in [4.78, 5) is 11.7. The maximum atomic E-state index is 11.7. The van der Waals surface area contributed by atoms with Crippen LogP contribution in [0.1, 0.15) is 19.8 Å². The van der Waals surface area contributed by atoms with E-state index in [2.05, 4.69) is 17.3 Å². The number of ether oxygens (including phenoxy) is 1. The summed E-state index contributed by atoms with van der Waals surface area (Å²) in [6.45, 7) is 3.95. The molecule has 0 bridgehead atoms. The van der Waals surface area contributed by atoms with Gasteiger partial charge >= 0.3 is 0 Å². The molecule has 2 N–H and O–H groups in total. The van der Waals surface area contributed by atoms with Crippen LogP contribution in [0.2, 0.25) is 5.02 Å². The van der Waals surface area contributed by atoms with Gasteiger partial charge in [0.15, 0.2) is 0 Å². The molecule has 1 aromatic rings. The number of nitrogens with zero attached hydrogens (tertiary/aromatic N) is 2. The number of hydrogen-bond acceptors (Lipinski definition) is 5. The van der Waals surface area contributed by atoms with Gasteiger partial charge in [-0.3, -0.25) is 4.79 Å². The molecule has 19 heavy (non-hydrogen) atoms. The Bertz CT molecular complexity index is 437. The number of anilines is 1. The van der Waals surface area contributed by atoms with Crippen LogP contribution in [0.3, 0.4) is 0 Å². The summed E-state index contributed by atoms with van der Waals surface area (Å²) < 4.78 is 6.52. The topological polar surface area (TPSA) is 76.4 Å². The van der Waals surface area contributed by atoms with Crippen LogP contribution in [0, 0.1) is 0 Å². The molecule has 1 rings (SSSR count). The number of aromatic nitrogens is 2. The first-order valence-electron chi connectivity index (χ1n) is 6.38. The number of hydrogen-bond donors (Lipinski definition) is 2. The fourth-order valence-corrected chi connectivity index (χ4v) is 1.66. The molecule has 0 spiro atoms. The molecule has 1 heterocycles. The molecule has 0 unspecified atom stereocenters. The molecular formula is C12H20ClN3O3. The monoisotopic (exact) mass is 289 g/mol. The molecule has 6 nitrogen and oxygen atoms in total. The molecule has 0 aliphatic heterocycles. The Morgan fingerprint density at radius 2 is 2.32 bits per heavy atom. The second kappa shape index (κ2) is 8.90. The first-order valence-corrected chi connectivity index (χ1v) is 6.76. The lowest BCUT2D eigenvalue weighted by atomic mass is 10.4. The van der Waals surface area contributed by atoms with Gasteiger partial charge in [-0.05, 0) is 6.42 Å². The molecule has 0 atom stereocenters. The molecule has 0 saturated carbocycles. The summed E-state index contributed by atoms with van der Waals surface area (Å²) in [5, 5.41) is 15.8. The molecule has 7 heteroatoms. The van der Waals surface area contributed by atoms with Gasteiger partial charge in [0.1, 0.15) is 5.02 Å². The second-order valence-electron chi connectivity index (χ2n) is 4.02. The third-order valence-electron chi connectivity index (χ3n) is 2.50. The summed E-state index contributed by atoms with van der Waals surface area (Å²) >= 11 is 5.94. The molecule has 0 fully saturated rings. The summed E-state index contributed by atoms with van der Waals surface area (Å²) in [6.07, 6.45) is 3.62. The van der Waals surface area contributed by atoms with Gasteiger partial charge in [-0.2, -0.15) is 5.10 Å². The Labute approximate surface area is 117 Å². The van der Waals surface area contributed by atoms with E-state index < -0.39 is 5.56 Å². The third-order valence-corrected chi connectivity index (χ3v) is 2.87. The molecule has 108 valence electrons. The van der Waals surface area contributed by atoms with E-state index in [1.54, 1.807) is 0 Å². The summed E-state index contributed by atoms with van der Waals surface area (Å²) in [5.74, 6) is 0. The maximum Gasteiger partial charge on any atom is 0.287 e. The Balaban J connectivity index is 2.46. The highest BCUT2D eigenvalue weighted by molar-refractivity contribution is 6.32. The first-order chi connectivity index (χ1) is 9.20. The Morgan fingerprint density at radius 1 is 1.53 bits per heavy atom. The predicted molar refractivity (Wildman–Crippen MR) is 74.8 cm³/mol. The van der Waals surface area contributed by atoms with E-state index in [4.69, 9.17) is 21.4 Å². The second-order valence-corrected chi connectivity index (χ2v) is 4.39. The zero-order valence-electron chi connectivity index (χ0n) is 11.1. The van der Waals surface area contributed by atoms with Gasteiger partial charge in [-0.1, -0.05) is 24.9 Å². The van der Waals surface area contributed by atoms with Crippen molar-refractivity contribution >= 4 is 17.3 Å². The van der Waals surface area contributed by atoms with Crippen LogP contribution < -0.4 is 10.9 Å². The predicted octanol–water partition coefficient (Wildman–Crippen LogP) is 1.12. The van der Waals surface area contributed by atoms with Crippen LogP contribution in [0.15, 0.2) is 11.0 Å². The zero-order valence-corrected chi connectivity index (χ0v) is 11.8. The van der Waals surface area contributed by atoms with Gasteiger partial charge in [0.25, 0.3) is 5.56 Å². The van der Waals surface area contributed by atoms with Crippen LogP contribution in [0.4, 0.5) is 5.69 Å². The van der Waals surface area contributed by atoms with Gasteiger partial charge in [0.05, 0.1) is 31.6 Å². The van der Waals surface area contributed by atoms with Crippen LogP contribution >= 0.6 is 11.6 Å². The molecule has 0 aliphatic carbocycles. The van der Waals surface area contributed by atoms with Gasteiger partial charge < -0.3 is 15.2 Å². The van der Waals surface area contributed by atoms with Crippen LogP contribution in [-0.2, 0) is 11.3 Å². The van der Waals surface area contributed by atoms with Crippen molar-refractivity contribution in [3.63, 3.8) is 0 Å². The van der Waals surface area contributed by atoms with E-state index in [-0.39, 0.29) is 18.2 Å². The summed E-state index contributed by atoms with van der Waals surface area (Å²) in [5.41, 5.74) is 0.0765.